The number of thiophene rings is 1. The smallest absolute Gasteiger partial charge is 0.290 e. The first-order valence-electron chi connectivity index (χ1n) is 8.58. The van der Waals surface area contributed by atoms with Crippen LogP contribution in [0.15, 0.2) is 53.1 Å². The second-order valence-electron chi connectivity index (χ2n) is 6.79. The number of benzene rings is 1. The third kappa shape index (κ3) is 3.25. The van der Waals surface area contributed by atoms with E-state index >= 15 is 0 Å². The molecule has 0 spiro atoms. The van der Waals surface area contributed by atoms with E-state index in [9.17, 15) is 23.1 Å². The largest absolute Gasteiger partial charge is 0.503 e. The van der Waals surface area contributed by atoms with E-state index in [0.717, 1.165) is 0 Å². The van der Waals surface area contributed by atoms with E-state index in [2.05, 4.69) is 0 Å². The maximum absolute atomic E-state index is 13.1. The molecular formula is C19H16ClNO5S2. The molecule has 1 aromatic heterocycles. The molecule has 3 heterocycles. The molecule has 2 aromatic rings. The highest BCUT2D eigenvalue weighted by Gasteiger charge is 2.49. The second kappa shape index (κ2) is 7.02. The molecular weight excluding hydrogens is 422 g/mol. The van der Waals surface area contributed by atoms with Crippen molar-refractivity contribution in [2.75, 3.05) is 11.5 Å². The predicted molar refractivity (Wildman–Crippen MR) is 106 cm³/mol. The van der Waals surface area contributed by atoms with Gasteiger partial charge in [-0.15, -0.1) is 11.3 Å². The zero-order valence-electron chi connectivity index (χ0n) is 14.5. The number of carbonyl (C=O) groups is 2. The summed E-state index contributed by atoms with van der Waals surface area (Å²) >= 11 is 7.18. The molecule has 1 N–H and O–H groups in total. The van der Waals surface area contributed by atoms with Crippen molar-refractivity contribution in [3.8, 4) is 0 Å². The standard InChI is InChI=1S/C19H16ClNO5S2/c20-12-5-3-11(4-6-12)16-15(17(22)14-2-1-8-27-14)18(23)19(24)21(16)13-7-9-28(25,26)10-13/h1-6,8,13,16,23H,7,9-10H2/t13-,16-/m1/s1. The van der Waals surface area contributed by atoms with Crippen molar-refractivity contribution in [3.63, 3.8) is 0 Å². The van der Waals surface area contributed by atoms with Crippen molar-refractivity contribution in [1.29, 1.82) is 0 Å². The highest BCUT2D eigenvalue weighted by molar-refractivity contribution is 7.91. The van der Waals surface area contributed by atoms with Gasteiger partial charge in [0.1, 0.15) is 0 Å². The van der Waals surface area contributed by atoms with Crippen LogP contribution in [0.1, 0.15) is 27.7 Å². The number of carbonyl (C=O) groups excluding carboxylic acids is 2. The number of amides is 1. The van der Waals surface area contributed by atoms with Crippen molar-refractivity contribution >= 4 is 44.5 Å². The topological polar surface area (TPSA) is 91.8 Å². The highest BCUT2D eigenvalue weighted by atomic mass is 35.5. The van der Waals surface area contributed by atoms with E-state index in [1.807, 2.05) is 0 Å². The van der Waals surface area contributed by atoms with E-state index < -0.39 is 39.4 Å². The minimum Gasteiger partial charge on any atom is -0.503 e. The summed E-state index contributed by atoms with van der Waals surface area (Å²) < 4.78 is 24.0. The number of Topliss-reactive ketones (excluding diaryl/α,β-unsaturated/α-hetero) is 1. The first-order chi connectivity index (χ1) is 13.3. The number of aliphatic hydroxyl groups is 1. The molecule has 1 fully saturated rings. The Bertz CT molecular complexity index is 1070. The Morgan fingerprint density at radius 2 is 1.93 bits per heavy atom. The van der Waals surface area contributed by atoms with Gasteiger partial charge in [-0.3, -0.25) is 9.59 Å². The average molecular weight is 438 g/mol. The van der Waals surface area contributed by atoms with Crippen molar-refractivity contribution < 1.29 is 23.1 Å². The molecule has 9 heteroatoms. The van der Waals surface area contributed by atoms with Crippen LogP contribution in [0.2, 0.25) is 5.02 Å². The number of halogens is 1. The van der Waals surface area contributed by atoms with E-state index in [1.165, 1.54) is 16.2 Å². The van der Waals surface area contributed by atoms with Gasteiger partial charge in [-0.1, -0.05) is 29.8 Å². The molecule has 1 aromatic carbocycles. The summed E-state index contributed by atoms with van der Waals surface area (Å²) in [5, 5.41) is 12.8. The maximum Gasteiger partial charge on any atom is 0.290 e. The Morgan fingerprint density at radius 1 is 1.21 bits per heavy atom. The molecule has 146 valence electrons. The van der Waals surface area contributed by atoms with Gasteiger partial charge in [0.25, 0.3) is 5.91 Å². The van der Waals surface area contributed by atoms with Gasteiger partial charge in [-0.25, -0.2) is 8.42 Å². The van der Waals surface area contributed by atoms with Crippen LogP contribution < -0.4 is 0 Å². The molecule has 2 atom stereocenters. The Balaban J connectivity index is 1.82. The normalized spacial score (nSPS) is 24.2. The number of hydrogen-bond donors (Lipinski definition) is 1. The summed E-state index contributed by atoms with van der Waals surface area (Å²) in [7, 11) is -3.27. The first-order valence-corrected chi connectivity index (χ1v) is 11.7. The number of ketones is 1. The fourth-order valence-electron chi connectivity index (χ4n) is 3.74. The van der Waals surface area contributed by atoms with Crippen LogP contribution in [0, 0.1) is 0 Å². The van der Waals surface area contributed by atoms with Crippen LogP contribution in [-0.4, -0.2) is 47.7 Å². The van der Waals surface area contributed by atoms with Crippen LogP contribution in [0.4, 0.5) is 0 Å². The number of nitrogens with zero attached hydrogens (tertiary/aromatic N) is 1. The minimum absolute atomic E-state index is 0.0241. The van der Waals surface area contributed by atoms with Gasteiger partial charge in [0, 0.05) is 11.1 Å². The fraction of sp³-hybridized carbons (Fsp3) is 0.263. The third-order valence-electron chi connectivity index (χ3n) is 5.02. The molecule has 0 bridgehead atoms. The van der Waals surface area contributed by atoms with E-state index in [1.54, 1.807) is 41.8 Å². The highest BCUT2D eigenvalue weighted by Crippen LogP contribution is 2.42. The summed E-state index contributed by atoms with van der Waals surface area (Å²) in [5.74, 6) is -1.99. The summed E-state index contributed by atoms with van der Waals surface area (Å²) in [4.78, 5) is 27.7. The van der Waals surface area contributed by atoms with E-state index in [-0.39, 0.29) is 23.5 Å². The molecule has 2 aliphatic rings. The summed E-state index contributed by atoms with van der Waals surface area (Å²) in [6, 6.07) is 8.49. The molecule has 1 amide bonds. The van der Waals surface area contributed by atoms with Gasteiger partial charge in [-0.2, -0.15) is 0 Å². The predicted octanol–water partition coefficient (Wildman–Crippen LogP) is 3.17. The summed E-state index contributed by atoms with van der Waals surface area (Å²) in [6.07, 6.45) is 0.270. The van der Waals surface area contributed by atoms with E-state index in [0.29, 0.717) is 15.5 Å². The van der Waals surface area contributed by atoms with Crippen molar-refractivity contribution in [2.24, 2.45) is 0 Å². The minimum atomic E-state index is -3.27. The quantitative estimate of drug-likeness (QED) is 0.742. The lowest BCUT2D eigenvalue weighted by Gasteiger charge is -2.31. The van der Waals surface area contributed by atoms with Gasteiger partial charge < -0.3 is 10.0 Å². The van der Waals surface area contributed by atoms with Crippen LogP contribution in [0.5, 0.6) is 0 Å². The average Bonchev–Trinajstić information content (AvgIpc) is 3.35. The van der Waals surface area contributed by atoms with Crippen molar-refractivity contribution in [3.05, 3.63) is 68.6 Å². The monoisotopic (exact) mass is 437 g/mol. The molecule has 6 nitrogen and oxygen atoms in total. The van der Waals surface area contributed by atoms with Crippen LogP contribution in [0.3, 0.4) is 0 Å². The van der Waals surface area contributed by atoms with Crippen molar-refractivity contribution in [1.82, 2.24) is 4.90 Å². The number of sulfone groups is 1. The zero-order valence-corrected chi connectivity index (χ0v) is 16.9. The third-order valence-corrected chi connectivity index (χ3v) is 7.89. The lowest BCUT2D eigenvalue weighted by molar-refractivity contribution is -0.131. The molecule has 0 unspecified atom stereocenters. The SMILES string of the molecule is O=C(C1=C(O)C(=O)N([C@@H]2CCS(=O)(=O)C2)[C@@H]1c1ccc(Cl)cc1)c1cccs1. The first kappa shape index (κ1) is 19.2. The van der Waals surface area contributed by atoms with Gasteiger partial charge in [0.15, 0.2) is 15.6 Å². The molecule has 28 heavy (non-hydrogen) atoms. The van der Waals surface area contributed by atoms with Gasteiger partial charge in [0.2, 0.25) is 5.78 Å². The molecule has 0 aliphatic carbocycles. The Hall–Kier alpha value is -2.16. The zero-order chi connectivity index (χ0) is 20.1. The maximum atomic E-state index is 13.1. The molecule has 0 saturated carbocycles. The summed E-state index contributed by atoms with van der Waals surface area (Å²) in [6.45, 7) is 0. The second-order valence-corrected chi connectivity index (χ2v) is 10.4. The lowest BCUT2D eigenvalue weighted by atomic mass is 9.94. The number of hydrogen-bond acceptors (Lipinski definition) is 6. The van der Waals surface area contributed by atoms with Crippen LogP contribution >= 0.6 is 22.9 Å². The molecule has 4 rings (SSSR count). The molecule has 0 radical (unpaired) electrons. The number of aliphatic hydroxyl groups excluding tert-OH is 1. The molecule has 2 aliphatic heterocycles. The van der Waals surface area contributed by atoms with E-state index in [4.69, 9.17) is 11.6 Å². The molecule has 1 saturated heterocycles. The number of rotatable bonds is 4. The van der Waals surface area contributed by atoms with Gasteiger partial charge in [-0.05, 0) is 35.6 Å². The van der Waals surface area contributed by atoms with Gasteiger partial charge >= 0.3 is 0 Å². The van der Waals surface area contributed by atoms with Crippen LogP contribution in [0.25, 0.3) is 0 Å². The Morgan fingerprint density at radius 3 is 2.50 bits per heavy atom. The van der Waals surface area contributed by atoms with Crippen molar-refractivity contribution in [2.45, 2.75) is 18.5 Å². The van der Waals surface area contributed by atoms with Gasteiger partial charge in [0.05, 0.1) is 28.0 Å². The Labute approximate surface area is 171 Å². The lowest BCUT2D eigenvalue weighted by Crippen LogP contribution is -2.41. The Kier molecular flexibility index (Phi) is 4.81. The summed E-state index contributed by atoms with van der Waals surface area (Å²) in [5.41, 5.74) is 0.560. The van der Waals surface area contributed by atoms with Crippen LogP contribution in [-0.2, 0) is 14.6 Å². The fourth-order valence-corrected chi connectivity index (χ4v) is 6.25.